The van der Waals surface area contributed by atoms with Crippen LogP contribution in [0.15, 0.2) is 60.7 Å². The summed E-state index contributed by atoms with van der Waals surface area (Å²) in [6.07, 6.45) is -0.720. The summed E-state index contributed by atoms with van der Waals surface area (Å²) in [5, 5.41) is 25.3. The van der Waals surface area contributed by atoms with Gasteiger partial charge in [-0.2, -0.15) is 0 Å². The third-order valence-electron chi connectivity index (χ3n) is 3.95. The van der Waals surface area contributed by atoms with Crippen molar-refractivity contribution in [1.29, 1.82) is 0 Å². The van der Waals surface area contributed by atoms with Crippen LogP contribution in [0.25, 0.3) is 10.8 Å². The molecule has 3 aromatic rings. The first-order valence-corrected chi connectivity index (χ1v) is 8.10. The number of aliphatic hydroxyl groups is 1. The molecule has 0 aliphatic heterocycles. The maximum absolute atomic E-state index is 12.8. The molecule has 0 amide bonds. The van der Waals surface area contributed by atoms with E-state index in [-0.39, 0.29) is 18.2 Å². The van der Waals surface area contributed by atoms with Crippen LogP contribution in [0.5, 0.6) is 11.5 Å². The smallest absolute Gasteiger partial charge is 0.123 e. The molecule has 3 aromatic carbocycles. The number of phenols is 1. The SMILES string of the molecule is Oc1ccc2ccccc2c1CNCC(O)COc1ccc(F)cc1. The van der Waals surface area contributed by atoms with Crippen LogP contribution >= 0.6 is 0 Å². The van der Waals surface area contributed by atoms with Gasteiger partial charge in [-0.05, 0) is 41.1 Å². The van der Waals surface area contributed by atoms with Crippen molar-refractivity contribution in [1.82, 2.24) is 5.32 Å². The maximum atomic E-state index is 12.8. The molecule has 0 saturated heterocycles. The van der Waals surface area contributed by atoms with Crippen LogP contribution in [0, 0.1) is 5.82 Å². The standard InChI is InChI=1S/C20H20FNO3/c21-15-6-8-17(9-7-15)25-13-16(23)11-22-12-19-18-4-2-1-3-14(18)5-10-20(19)24/h1-10,16,22-24H,11-13H2. The highest BCUT2D eigenvalue weighted by molar-refractivity contribution is 5.87. The predicted octanol–water partition coefficient (Wildman–Crippen LogP) is 3.21. The molecule has 130 valence electrons. The fourth-order valence-corrected chi connectivity index (χ4v) is 2.66. The van der Waals surface area contributed by atoms with Crippen molar-refractivity contribution in [3.05, 3.63) is 72.0 Å². The highest BCUT2D eigenvalue weighted by atomic mass is 19.1. The number of hydrogen-bond acceptors (Lipinski definition) is 4. The lowest BCUT2D eigenvalue weighted by atomic mass is 10.0. The number of benzene rings is 3. The number of phenolic OH excluding ortho intramolecular Hbond substituents is 1. The average Bonchev–Trinajstić information content (AvgIpc) is 2.63. The molecule has 0 heterocycles. The number of ether oxygens (including phenoxy) is 1. The van der Waals surface area contributed by atoms with Gasteiger partial charge >= 0.3 is 0 Å². The van der Waals surface area contributed by atoms with E-state index in [2.05, 4.69) is 5.32 Å². The summed E-state index contributed by atoms with van der Waals surface area (Å²) < 4.78 is 18.2. The van der Waals surface area contributed by atoms with Crippen molar-refractivity contribution in [3.8, 4) is 11.5 Å². The van der Waals surface area contributed by atoms with Gasteiger partial charge in [-0.15, -0.1) is 0 Å². The van der Waals surface area contributed by atoms with Crippen molar-refractivity contribution < 1.29 is 19.3 Å². The van der Waals surface area contributed by atoms with Gasteiger partial charge in [-0.1, -0.05) is 30.3 Å². The minimum atomic E-state index is -0.720. The van der Waals surface area contributed by atoms with E-state index in [0.29, 0.717) is 18.8 Å². The second-order valence-electron chi connectivity index (χ2n) is 5.83. The number of halogens is 1. The van der Waals surface area contributed by atoms with Gasteiger partial charge in [0.2, 0.25) is 0 Å². The number of fused-ring (bicyclic) bond motifs is 1. The van der Waals surface area contributed by atoms with Crippen molar-refractivity contribution in [2.24, 2.45) is 0 Å². The third kappa shape index (κ3) is 4.47. The molecule has 0 spiro atoms. The number of aromatic hydroxyl groups is 1. The summed E-state index contributed by atoms with van der Waals surface area (Å²) in [5.74, 6) is 0.403. The Hall–Kier alpha value is -2.63. The molecule has 0 aromatic heterocycles. The molecule has 0 aliphatic rings. The molecule has 0 aliphatic carbocycles. The van der Waals surface area contributed by atoms with Crippen LogP contribution in [0.3, 0.4) is 0 Å². The van der Waals surface area contributed by atoms with Crippen LogP contribution in [-0.4, -0.2) is 29.5 Å². The zero-order chi connectivity index (χ0) is 17.6. The summed E-state index contributed by atoms with van der Waals surface area (Å²) in [7, 11) is 0. The predicted molar refractivity (Wildman–Crippen MR) is 95.2 cm³/mol. The molecule has 1 atom stereocenters. The maximum Gasteiger partial charge on any atom is 0.123 e. The highest BCUT2D eigenvalue weighted by Gasteiger charge is 2.09. The molecule has 5 heteroatoms. The molecule has 4 nitrogen and oxygen atoms in total. The van der Waals surface area contributed by atoms with E-state index in [9.17, 15) is 14.6 Å². The summed E-state index contributed by atoms with van der Waals surface area (Å²) in [6.45, 7) is 0.838. The van der Waals surface area contributed by atoms with Gasteiger partial charge in [0.15, 0.2) is 0 Å². The second kappa shape index (κ2) is 7.96. The fraction of sp³-hybridized carbons (Fsp3) is 0.200. The molecule has 0 saturated carbocycles. The van der Waals surface area contributed by atoms with Crippen LogP contribution in [0.4, 0.5) is 4.39 Å². The van der Waals surface area contributed by atoms with Crippen molar-refractivity contribution in [2.45, 2.75) is 12.6 Å². The Morgan fingerprint density at radius 2 is 1.76 bits per heavy atom. The first-order valence-electron chi connectivity index (χ1n) is 8.10. The summed E-state index contributed by atoms with van der Waals surface area (Å²) >= 11 is 0. The zero-order valence-corrected chi connectivity index (χ0v) is 13.7. The van der Waals surface area contributed by atoms with Crippen molar-refractivity contribution in [3.63, 3.8) is 0 Å². The molecule has 0 fully saturated rings. The summed E-state index contributed by atoms with van der Waals surface area (Å²) in [6, 6.07) is 17.0. The van der Waals surface area contributed by atoms with Crippen LogP contribution < -0.4 is 10.1 Å². The highest BCUT2D eigenvalue weighted by Crippen LogP contribution is 2.26. The van der Waals surface area contributed by atoms with E-state index in [4.69, 9.17) is 4.74 Å². The normalized spacial score (nSPS) is 12.2. The van der Waals surface area contributed by atoms with E-state index in [1.165, 1.54) is 24.3 Å². The lowest BCUT2D eigenvalue weighted by Crippen LogP contribution is -2.31. The van der Waals surface area contributed by atoms with E-state index in [1.54, 1.807) is 6.07 Å². The van der Waals surface area contributed by atoms with Gasteiger partial charge in [0.25, 0.3) is 0 Å². The first-order chi connectivity index (χ1) is 12.1. The Kier molecular flexibility index (Phi) is 5.48. The van der Waals surface area contributed by atoms with Crippen LogP contribution in [0.1, 0.15) is 5.56 Å². The van der Waals surface area contributed by atoms with Gasteiger partial charge < -0.3 is 20.3 Å². The Morgan fingerprint density at radius 3 is 2.56 bits per heavy atom. The Bertz CT molecular complexity index is 836. The molecule has 0 radical (unpaired) electrons. The van der Waals surface area contributed by atoms with Gasteiger partial charge in [0.1, 0.15) is 30.0 Å². The summed E-state index contributed by atoms with van der Waals surface area (Å²) in [5.41, 5.74) is 0.796. The number of aliphatic hydroxyl groups excluding tert-OH is 1. The quantitative estimate of drug-likeness (QED) is 0.617. The van der Waals surface area contributed by atoms with Gasteiger partial charge in [0.05, 0.1) is 0 Å². The molecule has 25 heavy (non-hydrogen) atoms. The summed E-state index contributed by atoms with van der Waals surface area (Å²) in [4.78, 5) is 0. The van der Waals surface area contributed by atoms with E-state index < -0.39 is 6.10 Å². The van der Waals surface area contributed by atoms with Crippen LogP contribution in [0.2, 0.25) is 0 Å². The zero-order valence-electron chi connectivity index (χ0n) is 13.7. The van der Waals surface area contributed by atoms with Gasteiger partial charge in [0, 0.05) is 18.7 Å². The van der Waals surface area contributed by atoms with Crippen molar-refractivity contribution >= 4 is 10.8 Å². The molecule has 3 N–H and O–H groups in total. The van der Waals surface area contributed by atoms with Crippen LogP contribution in [-0.2, 0) is 6.54 Å². The average molecular weight is 341 g/mol. The number of hydrogen-bond donors (Lipinski definition) is 3. The van der Waals surface area contributed by atoms with E-state index in [1.807, 2.05) is 30.3 Å². The molecular weight excluding hydrogens is 321 g/mol. The minimum Gasteiger partial charge on any atom is -0.508 e. The molecule has 0 bridgehead atoms. The molecule has 3 rings (SSSR count). The Labute approximate surface area is 145 Å². The first kappa shape index (κ1) is 17.2. The largest absolute Gasteiger partial charge is 0.508 e. The lowest BCUT2D eigenvalue weighted by Gasteiger charge is -2.15. The minimum absolute atomic E-state index is 0.0974. The Morgan fingerprint density at radius 1 is 1.00 bits per heavy atom. The van der Waals surface area contributed by atoms with Gasteiger partial charge in [-0.3, -0.25) is 0 Å². The fourth-order valence-electron chi connectivity index (χ4n) is 2.66. The Balaban J connectivity index is 1.52. The molecule has 1 unspecified atom stereocenters. The second-order valence-corrected chi connectivity index (χ2v) is 5.83. The lowest BCUT2D eigenvalue weighted by molar-refractivity contribution is 0.106. The third-order valence-corrected chi connectivity index (χ3v) is 3.95. The number of nitrogens with one attached hydrogen (secondary N) is 1. The molecular formula is C20H20FNO3. The number of rotatable bonds is 7. The monoisotopic (exact) mass is 341 g/mol. The van der Waals surface area contributed by atoms with Crippen molar-refractivity contribution in [2.75, 3.05) is 13.2 Å². The van der Waals surface area contributed by atoms with E-state index in [0.717, 1.165) is 16.3 Å². The van der Waals surface area contributed by atoms with Gasteiger partial charge in [-0.25, -0.2) is 4.39 Å². The van der Waals surface area contributed by atoms with E-state index >= 15 is 0 Å². The topological polar surface area (TPSA) is 61.7 Å².